The van der Waals surface area contributed by atoms with E-state index in [0.717, 1.165) is 12.8 Å². The van der Waals surface area contributed by atoms with Crippen molar-refractivity contribution >= 4 is 0 Å². The maximum atomic E-state index is 11.8. The molecule has 68 valence electrons. The van der Waals surface area contributed by atoms with Crippen LogP contribution in [0, 0.1) is 5.41 Å². The van der Waals surface area contributed by atoms with Crippen LogP contribution >= 0.6 is 0 Å². The molecule has 0 atom stereocenters. The Morgan fingerprint density at radius 3 is 2.18 bits per heavy atom. The van der Waals surface area contributed by atoms with Gasteiger partial charge in [0.15, 0.2) is 0 Å². The van der Waals surface area contributed by atoms with Crippen LogP contribution < -0.4 is 0 Å². The lowest BCUT2D eigenvalue weighted by Gasteiger charge is -2.23. The molecule has 0 radical (unpaired) electrons. The highest BCUT2D eigenvalue weighted by atomic mass is 19.1. The second-order valence-electron chi connectivity index (χ2n) is 4.06. The largest absolute Gasteiger partial charge is 0.251 e. The topological polar surface area (TPSA) is 0 Å². The normalized spacial score (nSPS) is 12.0. The van der Waals surface area contributed by atoms with Crippen LogP contribution in [0.1, 0.15) is 52.9 Å². The summed E-state index contributed by atoms with van der Waals surface area (Å²) in [6, 6.07) is 0. The molecule has 0 aliphatic rings. The van der Waals surface area contributed by atoms with Crippen LogP contribution in [0.2, 0.25) is 0 Å². The molecule has 0 rings (SSSR count). The van der Waals surface area contributed by atoms with Crippen LogP contribution in [-0.4, -0.2) is 6.67 Å². The minimum absolute atomic E-state index is 0.151. The number of alkyl halides is 1. The first-order valence-electron chi connectivity index (χ1n) is 4.68. The molecule has 1 heteroatoms. The van der Waals surface area contributed by atoms with Crippen LogP contribution in [0.3, 0.4) is 0 Å². The van der Waals surface area contributed by atoms with E-state index < -0.39 is 0 Å². The van der Waals surface area contributed by atoms with Crippen molar-refractivity contribution in [3.8, 4) is 0 Å². The zero-order valence-electron chi connectivity index (χ0n) is 8.12. The van der Waals surface area contributed by atoms with Crippen molar-refractivity contribution in [1.82, 2.24) is 0 Å². The van der Waals surface area contributed by atoms with E-state index in [0.29, 0.717) is 5.41 Å². The van der Waals surface area contributed by atoms with E-state index in [4.69, 9.17) is 0 Å². The first-order chi connectivity index (χ1) is 5.12. The fourth-order valence-corrected chi connectivity index (χ4v) is 1.50. The molecule has 0 fully saturated rings. The van der Waals surface area contributed by atoms with Gasteiger partial charge in [-0.3, -0.25) is 4.39 Å². The van der Waals surface area contributed by atoms with Crippen LogP contribution in [-0.2, 0) is 0 Å². The fraction of sp³-hybridized carbons (Fsp3) is 1.00. The van der Waals surface area contributed by atoms with Gasteiger partial charge >= 0.3 is 0 Å². The molecule has 0 nitrogen and oxygen atoms in total. The molecule has 0 aromatic carbocycles. The minimum Gasteiger partial charge on any atom is -0.251 e. The van der Waals surface area contributed by atoms with E-state index >= 15 is 0 Å². The summed E-state index contributed by atoms with van der Waals surface area (Å²) in [4.78, 5) is 0. The maximum absolute atomic E-state index is 11.8. The summed E-state index contributed by atoms with van der Waals surface area (Å²) in [5.41, 5.74) is 0.434. The lowest BCUT2D eigenvalue weighted by Crippen LogP contribution is -2.10. The van der Waals surface area contributed by atoms with Gasteiger partial charge in [0.2, 0.25) is 0 Å². The summed E-state index contributed by atoms with van der Waals surface area (Å²) in [6.45, 7) is 6.60. The van der Waals surface area contributed by atoms with Gasteiger partial charge in [0.05, 0.1) is 6.67 Å². The van der Waals surface area contributed by atoms with Crippen molar-refractivity contribution in [3.63, 3.8) is 0 Å². The first-order valence-corrected chi connectivity index (χ1v) is 4.68. The third-order valence-corrected chi connectivity index (χ3v) is 2.16. The Bertz CT molecular complexity index is 86.9. The first kappa shape index (κ1) is 10.9. The van der Waals surface area contributed by atoms with Crippen molar-refractivity contribution in [1.29, 1.82) is 0 Å². The molecule has 11 heavy (non-hydrogen) atoms. The van der Waals surface area contributed by atoms with Crippen molar-refractivity contribution in [2.45, 2.75) is 52.9 Å². The Balaban J connectivity index is 3.38. The van der Waals surface area contributed by atoms with Crippen molar-refractivity contribution in [3.05, 3.63) is 0 Å². The van der Waals surface area contributed by atoms with E-state index in [2.05, 4.69) is 20.8 Å². The van der Waals surface area contributed by atoms with Gasteiger partial charge in [-0.1, -0.05) is 33.6 Å². The maximum Gasteiger partial charge on any atom is 0.0894 e. The summed E-state index contributed by atoms with van der Waals surface area (Å²) in [5, 5.41) is 0. The molecule has 0 N–H and O–H groups in total. The quantitative estimate of drug-likeness (QED) is 0.516. The lowest BCUT2D eigenvalue weighted by molar-refractivity contribution is 0.286. The van der Waals surface area contributed by atoms with E-state index in [9.17, 15) is 4.39 Å². The summed E-state index contributed by atoms with van der Waals surface area (Å²) >= 11 is 0. The van der Waals surface area contributed by atoms with Crippen molar-refractivity contribution in [2.24, 2.45) is 5.41 Å². The van der Waals surface area contributed by atoms with Crippen molar-refractivity contribution in [2.75, 3.05) is 6.67 Å². The van der Waals surface area contributed by atoms with Gasteiger partial charge in [0.25, 0.3) is 0 Å². The van der Waals surface area contributed by atoms with Gasteiger partial charge in [-0.15, -0.1) is 0 Å². The highest BCUT2D eigenvalue weighted by Gasteiger charge is 2.15. The molecule has 0 aromatic heterocycles. The summed E-state index contributed by atoms with van der Waals surface area (Å²) < 4.78 is 11.8. The van der Waals surface area contributed by atoms with E-state index in [1.165, 1.54) is 19.3 Å². The summed E-state index contributed by atoms with van der Waals surface area (Å²) in [5.74, 6) is 0. The van der Waals surface area contributed by atoms with Crippen LogP contribution in [0.15, 0.2) is 0 Å². The Morgan fingerprint density at radius 2 is 1.73 bits per heavy atom. The molecule has 0 bridgehead atoms. The number of unbranched alkanes of at least 4 members (excludes halogenated alkanes) is 1. The molecule has 0 saturated heterocycles. The predicted octanol–water partition coefficient (Wildman–Crippen LogP) is 3.95. The Kier molecular flexibility index (Phi) is 5.53. The van der Waals surface area contributed by atoms with E-state index in [1.54, 1.807) is 0 Å². The fourth-order valence-electron chi connectivity index (χ4n) is 1.50. The predicted molar refractivity (Wildman–Crippen MR) is 48.5 cm³/mol. The molecule has 0 amide bonds. The Hall–Kier alpha value is -0.0700. The number of hydrogen-bond donors (Lipinski definition) is 0. The Labute approximate surface area is 70.2 Å². The van der Waals surface area contributed by atoms with Gasteiger partial charge < -0.3 is 0 Å². The van der Waals surface area contributed by atoms with Gasteiger partial charge in [-0.25, -0.2) is 0 Å². The van der Waals surface area contributed by atoms with Crippen molar-refractivity contribution < 1.29 is 4.39 Å². The standard InChI is InChI=1S/C10H21F/c1-4-7-10(2,3)8-5-6-9-11/h4-9H2,1-3H3. The number of halogens is 1. The van der Waals surface area contributed by atoms with Crippen LogP contribution in [0.25, 0.3) is 0 Å². The highest BCUT2D eigenvalue weighted by molar-refractivity contribution is 4.67. The molecule has 0 heterocycles. The second kappa shape index (κ2) is 5.56. The summed E-state index contributed by atoms with van der Waals surface area (Å²) in [7, 11) is 0. The Morgan fingerprint density at radius 1 is 1.09 bits per heavy atom. The third-order valence-electron chi connectivity index (χ3n) is 2.16. The highest BCUT2D eigenvalue weighted by Crippen LogP contribution is 2.28. The monoisotopic (exact) mass is 160 g/mol. The molecule has 0 aromatic rings. The number of hydrogen-bond acceptors (Lipinski definition) is 0. The third kappa shape index (κ3) is 6.33. The van der Waals surface area contributed by atoms with Crippen LogP contribution in [0.4, 0.5) is 4.39 Å². The number of rotatable bonds is 6. The molecule has 0 aliphatic heterocycles. The van der Waals surface area contributed by atoms with Gasteiger partial charge in [0.1, 0.15) is 0 Å². The average molecular weight is 160 g/mol. The SMILES string of the molecule is CCCC(C)(C)CCCCF. The van der Waals surface area contributed by atoms with E-state index in [-0.39, 0.29) is 6.67 Å². The molecular formula is C10H21F. The second-order valence-corrected chi connectivity index (χ2v) is 4.06. The smallest absolute Gasteiger partial charge is 0.0894 e. The summed E-state index contributed by atoms with van der Waals surface area (Å²) in [6.07, 6.45) is 5.46. The molecular weight excluding hydrogens is 139 g/mol. The molecule has 0 unspecified atom stereocenters. The molecule has 0 spiro atoms. The zero-order chi connectivity index (χ0) is 8.74. The van der Waals surface area contributed by atoms with Gasteiger partial charge in [0, 0.05) is 0 Å². The van der Waals surface area contributed by atoms with Crippen LogP contribution in [0.5, 0.6) is 0 Å². The minimum atomic E-state index is -0.151. The average Bonchev–Trinajstić information content (AvgIpc) is 1.87. The molecule has 0 saturated carbocycles. The lowest BCUT2D eigenvalue weighted by atomic mass is 9.83. The molecule has 0 aliphatic carbocycles. The zero-order valence-corrected chi connectivity index (χ0v) is 8.12. The van der Waals surface area contributed by atoms with Gasteiger partial charge in [-0.2, -0.15) is 0 Å². The van der Waals surface area contributed by atoms with E-state index in [1.807, 2.05) is 0 Å². The van der Waals surface area contributed by atoms with Gasteiger partial charge in [-0.05, 0) is 24.7 Å².